The molecule has 186 valence electrons. The standard InChI is InChI=1S/C23H42O8Si/c1-9-10-11-12-18(24)20-17(13-28-22(20)25)21(30-16-27-6)19(29-15-26-5)14-31-32(7,8)23(2,3)4/h19,21H,9-16H2,1-8H3/t19-,21-/m1/s1. The quantitative estimate of drug-likeness (QED) is 0.109. The molecule has 0 unspecified atom stereocenters. The van der Waals surface area contributed by atoms with Crippen molar-refractivity contribution in [2.45, 2.75) is 83.7 Å². The van der Waals surface area contributed by atoms with Gasteiger partial charge in [0.1, 0.15) is 38.0 Å². The van der Waals surface area contributed by atoms with Crippen LogP contribution >= 0.6 is 0 Å². The second-order valence-corrected chi connectivity index (χ2v) is 14.3. The summed E-state index contributed by atoms with van der Waals surface area (Å²) in [7, 11) is 0.952. The first-order valence-corrected chi connectivity index (χ1v) is 14.2. The number of esters is 1. The molecule has 0 spiro atoms. The SMILES string of the molecule is CCCCCC(=O)C1=C([C@@H](OCOC)[C@@H](CO[Si](C)(C)C(C)(C)C)OCOC)COC1=O. The van der Waals surface area contributed by atoms with Gasteiger partial charge in [0.2, 0.25) is 0 Å². The van der Waals surface area contributed by atoms with Crippen LogP contribution in [0.1, 0.15) is 53.4 Å². The van der Waals surface area contributed by atoms with Crippen molar-refractivity contribution < 1.29 is 37.7 Å². The molecule has 0 amide bonds. The summed E-state index contributed by atoms with van der Waals surface area (Å²) >= 11 is 0. The van der Waals surface area contributed by atoms with Crippen LogP contribution in [0.2, 0.25) is 18.1 Å². The van der Waals surface area contributed by atoms with E-state index in [1.165, 1.54) is 14.2 Å². The van der Waals surface area contributed by atoms with Crippen molar-refractivity contribution in [2.24, 2.45) is 0 Å². The zero-order valence-corrected chi connectivity index (χ0v) is 22.1. The summed E-state index contributed by atoms with van der Waals surface area (Å²) in [5.41, 5.74) is 0.550. The molecule has 0 aromatic carbocycles. The average molecular weight is 475 g/mol. The van der Waals surface area contributed by atoms with Crippen molar-refractivity contribution in [3.8, 4) is 0 Å². The summed E-state index contributed by atoms with van der Waals surface area (Å²) < 4.78 is 33.7. The van der Waals surface area contributed by atoms with Crippen LogP contribution in [0.4, 0.5) is 0 Å². The van der Waals surface area contributed by atoms with Crippen molar-refractivity contribution in [3.05, 3.63) is 11.1 Å². The summed E-state index contributed by atoms with van der Waals surface area (Å²) in [6.07, 6.45) is 1.58. The van der Waals surface area contributed by atoms with Gasteiger partial charge in [0.15, 0.2) is 14.1 Å². The first-order chi connectivity index (χ1) is 15.0. The molecule has 0 aromatic rings. The molecule has 8 nitrogen and oxygen atoms in total. The second-order valence-electron chi connectivity index (χ2n) is 9.53. The maximum atomic E-state index is 12.9. The predicted molar refractivity (Wildman–Crippen MR) is 124 cm³/mol. The van der Waals surface area contributed by atoms with Gasteiger partial charge in [0, 0.05) is 26.2 Å². The minimum Gasteiger partial charge on any atom is -0.457 e. The number of ether oxygens (including phenoxy) is 5. The molecule has 0 saturated carbocycles. The number of ketones is 1. The summed E-state index contributed by atoms with van der Waals surface area (Å²) in [5, 5.41) is 0.00774. The molecule has 0 aliphatic carbocycles. The monoisotopic (exact) mass is 474 g/mol. The number of carbonyl (C=O) groups excluding carboxylic acids is 2. The summed E-state index contributed by atoms with van der Waals surface area (Å²) in [6, 6.07) is 0. The lowest BCUT2D eigenvalue weighted by Crippen LogP contribution is -2.46. The van der Waals surface area contributed by atoms with Gasteiger partial charge >= 0.3 is 5.97 Å². The van der Waals surface area contributed by atoms with Gasteiger partial charge in [0.05, 0.1) is 6.61 Å². The highest BCUT2D eigenvalue weighted by Gasteiger charge is 2.42. The fourth-order valence-electron chi connectivity index (χ4n) is 3.06. The second kappa shape index (κ2) is 13.6. The van der Waals surface area contributed by atoms with E-state index in [9.17, 15) is 9.59 Å². The van der Waals surface area contributed by atoms with Crippen LogP contribution in [0.3, 0.4) is 0 Å². The maximum Gasteiger partial charge on any atom is 0.342 e. The highest BCUT2D eigenvalue weighted by atomic mass is 28.4. The molecule has 0 saturated heterocycles. The number of carbonyl (C=O) groups is 2. The van der Waals surface area contributed by atoms with E-state index in [1.807, 2.05) is 0 Å². The molecular weight excluding hydrogens is 432 g/mol. The predicted octanol–water partition coefficient (Wildman–Crippen LogP) is 3.99. The van der Waals surface area contributed by atoms with Gasteiger partial charge in [-0.1, -0.05) is 40.5 Å². The number of hydrogen-bond acceptors (Lipinski definition) is 8. The van der Waals surface area contributed by atoms with Crippen molar-refractivity contribution in [2.75, 3.05) is 41.0 Å². The zero-order chi connectivity index (χ0) is 24.4. The molecule has 0 fully saturated rings. The number of methoxy groups -OCH3 is 2. The Bertz CT molecular complexity index is 638. The molecule has 0 radical (unpaired) electrons. The van der Waals surface area contributed by atoms with Crippen LogP contribution in [0.25, 0.3) is 0 Å². The highest BCUT2D eigenvalue weighted by Crippen LogP contribution is 2.37. The molecule has 0 aromatic heterocycles. The smallest absolute Gasteiger partial charge is 0.342 e. The molecular formula is C23H42O8Si. The number of cyclic esters (lactones) is 1. The van der Waals surface area contributed by atoms with Gasteiger partial charge in [-0.2, -0.15) is 0 Å². The molecule has 1 heterocycles. The fraction of sp³-hybridized carbons (Fsp3) is 0.826. The van der Waals surface area contributed by atoms with Crippen molar-refractivity contribution in [1.82, 2.24) is 0 Å². The van der Waals surface area contributed by atoms with Gasteiger partial charge in [-0.3, -0.25) is 4.79 Å². The third kappa shape index (κ3) is 8.35. The van der Waals surface area contributed by atoms with E-state index in [4.69, 9.17) is 28.1 Å². The molecule has 1 aliphatic rings. The number of unbranched alkanes of at least 4 members (excludes halogenated alkanes) is 2. The Balaban J connectivity index is 3.24. The zero-order valence-electron chi connectivity index (χ0n) is 21.1. The Kier molecular flexibility index (Phi) is 12.3. The molecule has 0 bridgehead atoms. The first-order valence-electron chi connectivity index (χ1n) is 11.3. The van der Waals surface area contributed by atoms with Crippen molar-refractivity contribution in [3.63, 3.8) is 0 Å². The summed E-state index contributed by atoms with van der Waals surface area (Å²) in [4.78, 5) is 25.3. The highest BCUT2D eigenvalue weighted by molar-refractivity contribution is 6.74. The van der Waals surface area contributed by atoms with E-state index in [-0.39, 0.29) is 43.2 Å². The maximum absolute atomic E-state index is 12.9. The van der Waals surface area contributed by atoms with Crippen LogP contribution < -0.4 is 0 Å². The molecule has 2 atom stereocenters. The van der Waals surface area contributed by atoms with Gasteiger partial charge in [-0.25, -0.2) is 4.79 Å². The van der Waals surface area contributed by atoms with Crippen LogP contribution in [0.15, 0.2) is 11.1 Å². The van der Waals surface area contributed by atoms with Crippen LogP contribution in [0.5, 0.6) is 0 Å². The molecule has 1 rings (SSSR count). The average Bonchev–Trinajstić information content (AvgIpc) is 3.10. The van der Waals surface area contributed by atoms with Crippen LogP contribution in [0, 0.1) is 0 Å². The minimum absolute atomic E-state index is 0.00774. The Morgan fingerprint density at radius 2 is 1.72 bits per heavy atom. The Labute approximate surface area is 194 Å². The number of Topliss-reactive ketones (excluding diaryl/α,β-unsaturated/α-hetero) is 1. The van der Waals surface area contributed by atoms with E-state index in [2.05, 4.69) is 40.8 Å². The van der Waals surface area contributed by atoms with Gasteiger partial charge in [-0.15, -0.1) is 0 Å². The minimum atomic E-state index is -2.09. The molecule has 9 heteroatoms. The lowest BCUT2D eigenvalue weighted by atomic mass is 9.96. The van der Waals surface area contributed by atoms with Crippen LogP contribution in [-0.4, -0.2) is 73.3 Å². The van der Waals surface area contributed by atoms with Crippen molar-refractivity contribution in [1.29, 1.82) is 0 Å². The first kappa shape index (κ1) is 28.9. The van der Waals surface area contributed by atoms with Gasteiger partial charge in [0.25, 0.3) is 0 Å². The fourth-order valence-corrected chi connectivity index (χ4v) is 4.07. The largest absolute Gasteiger partial charge is 0.457 e. The van der Waals surface area contributed by atoms with Crippen molar-refractivity contribution >= 4 is 20.1 Å². The third-order valence-corrected chi connectivity index (χ3v) is 10.5. The lowest BCUT2D eigenvalue weighted by molar-refractivity contribution is -0.156. The topological polar surface area (TPSA) is 89.5 Å². The van der Waals surface area contributed by atoms with Crippen LogP contribution in [-0.2, 0) is 37.7 Å². The van der Waals surface area contributed by atoms with Gasteiger partial charge in [-0.05, 0) is 24.6 Å². The number of rotatable bonds is 16. The van der Waals surface area contributed by atoms with E-state index >= 15 is 0 Å². The lowest BCUT2D eigenvalue weighted by Gasteiger charge is -2.38. The normalized spacial score (nSPS) is 16.9. The molecule has 0 N–H and O–H groups in total. The van der Waals surface area contributed by atoms with Gasteiger partial charge < -0.3 is 28.1 Å². The van der Waals surface area contributed by atoms with E-state index < -0.39 is 26.5 Å². The third-order valence-electron chi connectivity index (χ3n) is 6.03. The summed E-state index contributed by atoms with van der Waals surface area (Å²) in [5.74, 6) is -0.832. The number of hydrogen-bond donors (Lipinski definition) is 0. The van der Waals surface area contributed by atoms with E-state index in [0.29, 0.717) is 12.0 Å². The molecule has 1 aliphatic heterocycles. The Morgan fingerprint density at radius 3 is 2.28 bits per heavy atom. The Hall–Kier alpha value is -1.10. The summed E-state index contributed by atoms with van der Waals surface area (Å²) in [6.45, 7) is 13.0. The van der Waals surface area contributed by atoms with E-state index in [1.54, 1.807) is 0 Å². The van der Waals surface area contributed by atoms with E-state index in [0.717, 1.165) is 19.3 Å². The Morgan fingerprint density at radius 1 is 1.09 bits per heavy atom. The molecule has 32 heavy (non-hydrogen) atoms.